The number of nitrogens with zero attached hydrogens (tertiary/aromatic N) is 3. The first-order chi connectivity index (χ1) is 8.63. The zero-order valence-corrected chi connectivity index (χ0v) is 11.8. The smallest absolute Gasteiger partial charge is 0.250 e. The quantitative estimate of drug-likeness (QED) is 0.756. The maximum Gasteiger partial charge on any atom is 0.250 e. The molecule has 0 aromatic carbocycles. The van der Waals surface area contributed by atoms with Gasteiger partial charge in [-0.05, 0) is 32.8 Å². The number of fused-ring (bicyclic) bond motifs is 1. The highest BCUT2D eigenvalue weighted by Crippen LogP contribution is 2.27. The third-order valence-electron chi connectivity index (χ3n) is 2.84. The zero-order valence-electron chi connectivity index (χ0n) is 11.8. The van der Waals surface area contributed by atoms with Crippen LogP contribution in [0.5, 0.6) is 0 Å². The molecule has 0 radical (unpaired) electrons. The molecular weight excluding hydrogens is 226 g/mol. The number of aromatic nitrogens is 2. The van der Waals surface area contributed by atoms with E-state index in [0.717, 1.165) is 30.8 Å². The van der Waals surface area contributed by atoms with Crippen molar-refractivity contribution in [1.82, 2.24) is 9.78 Å². The minimum atomic E-state index is -0.0377. The van der Waals surface area contributed by atoms with Gasteiger partial charge in [0.05, 0.1) is 11.4 Å². The molecule has 0 saturated carbocycles. The van der Waals surface area contributed by atoms with Crippen molar-refractivity contribution in [3.8, 4) is 0 Å². The van der Waals surface area contributed by atoms with Gasteiger partial charge in [-0.15, -0.1) is 0 Å². The van der Waals surface area contributed by atoms with Gasteiger partial charge in [0.2, 0.25) is 5.91 Å². The summed E-state index contributed by atoms with van der Waals surface area (Å²) in [6.45, 7) is 12.5. The Morgan fingerprint density at radius 2 is 2.17 bits per heavy atom. The number of carbonyl (C=O) groups is 1. The Hall–Kier alpha value is -1.58. The van der Waals surface area contributed by atoms with E-state index in [1.54, 1.807) is 4.90 Å². The van der Waals surface area contributed by atoms with Crippen molar-refractivity contribution < 1.29 is 4.79 Å². The van der Waals surface area contributed by atoms with Gasteiger partial charge >= 0.3 is 0 Å². The maximum atomic E-state index is 11.7. The van der Waals surface area contributed by atoms with Crippen LogP contribution in [0.1, 0.15) is 45.9 Å². The Morgan fingerprint density at radius 3 is 2.72 bits per heavy atom. The van der Waals surface area contributed by atoms with Gasteiger partial charge in [0.15, 0.2) is 0 Å². The van der Waals surface area contributed by atoms with E-state index in [1.807, 2.05) is 24.7 Å². The molecule has 2 heterocycles. The van der Waals surface area contributed by atoms with E-state index in [4.69, 9.17) is 0 Å². The van der Waals surface area contributed by atoms with Crippen LogP contribution in [-0.2, 0) is 11.2 Å². The van der Waals surface area contributed by atoms with Gasteiger partial charge < -0.3 is 4.90 Å². The second kappa shape index (κ2) is 6.38. The fourth-order valence-electron chi connectivity index (χ4n) is 1.95. The second-order valence-electron chi connectivity index (χ2n) is 4.33. The standard InChI is InChI=1S/C12H17N3O.C2H6/c1-4-12(16)14-7-5-6-10-11(14)8-15(13-10)9(2)3;1-2/h4,8-9H,1,5-7H2,2-3H3;1-2H3. The van der Waals surface area contributed by atoms with E-state index in [0.29, 0.717) is 6.04 Å². The number of hydrogen-bond acceptors (Lipinski definition) is 2. The van der Waals surface area contributed by atoms with E-state index in [1.165, 1.54) is 6.08 Å². The summed E-state index contributed by atoms with van der Waals surface area (Å²) in [5.74, 6) is -0.0377. The molecule has 1 amide bonds. The summed E-state index contributed by atoms with van der Waals surface area (Å²) < 4.78 is 1.92. The summed E-state index contributed by atoms with van der Waals surface area (Å²) in [4.78, 5) is 13.4. The molecule has 0 fully saturated rings. The molecular formula is C14H23N3O. The van der Waals surface area contributed by atoms with Crippen molar-refractivity contribution in [1.29, 1.82) is 0 Å². The van der Waals surface area contributed by atoms with Crippen LogP contribution in [0.15, 0.2) is 18.9 Å². The Kier molecular flexibility index (Phi) is 5.13. The van der Waals surface area contributed by atoms with Crippen LogP contribution in [0.3, 0.4) is 0 Å². The molecule has 1 aromatic rings. The number of amides is 1. The molecule has 0 saturated heterocycles. The SMILES string of the molecule is C=CC(=O)N1CCCc2nn(C(C)C)cc21.CC. The van der Waals surface area contributed by atoms with Gasteiger partial charge in [0.1, 0.15) is 0 Å². The second-order valence-corrected chi connectivity index (χ2v) is 4.33. The van der Waals surface area contributed by atoms with E-state index >= 15 is 0 Å². The Morgan fingerprint density at radius 1 is 1.50 bits per heavy atom. The van der Waals surface area contributed by atoms with Gasteiger partial charge in [-0.25, -0.2) is 0 Å². The summed E-state index contributed by atoms with van der Waals surface area (Å²) >= 11 is 0. The average Bonchev–Trinajstić information content (AvgIpc) is 2.84. The van der Waals surface area contributed by atoms with E-state index in [2.05, 4.69) is 25.5 Å². The fraction of sp³-hybridized carbons (Fsp3) is 0.571. The molecule has 0 aliphatic carbocycles. The molecule has 0 unspecified atom stereocenters. The van der Waals surface area contributed by atoms with Crippen LogP contribution < -0.4 is 4.90 Å². The third kappa shape index (κ3) is 2.81. The molecule has 18 heavy (non-hydrogen) atoms. The van der Waals surface area contributed by atoms with Crippen LogP contribution in [0, 0.1) is 0 Å². The fourth-order valence-corrected chi connectivity index (χ4v) is 1.95. The predicted octanol–water partition coefficient (Wildman–Crippen LogP) is 2.96. The van der Waals surface area contributed by atoms with Crippen molar-refractivity contribution in [3.05, 3.63) is 24.5 Å². The minimum absolute atomic E-state index is 0.0377. The lowest BCUT2D eigenvalue weighted by molar-refractivity contribution is -0.114. The summed E-state index contributed by atoms with van der Waals surface area (Å²) in [6, 6.07) is 0.325. The number of anilines is 1. The Balaban J connectivity index is 0.000000771. The largest absolute Gasteiger partial charge is 0.306 e. The van der Waals surface area contributed by atoms with E-state index in [-0.39, 0.29) is 5.91 Å². The van der Waals surface area contributed by atoms with E-state index in [9.17, 15) is 4.79 Å². The first-order valence-electron chi connectivity index (χ1n) is 6.65. The first-order valence-corrected chi connectivity index (χ1v) is 6.65. The number of rotatable bonds is 2. The first kappa shape index (κ1) is 14.5. The molecule has 2 rings (SSSR count). The molecule has 4 nitrogen and oxygen atoms in total. The topological polar surface area (TPSA) is 38.1 Å². The van der Waals surface area contributed by atoms with Crippen LogP contribution >= 0.6 is 0 Å². The molecule has 1 aliphatic rings. The summed E-state index contributed by atoms with van der Waals surface area (Å²) in [7, 11) is 0. The van der Waals surface area contributed by atoms with Crippen LogP contribution in [0.25, 0.3) is 0 Å². The Bertz CT molecular complexity index is 421. The number of aryl methyl sites for hydroxylation is 1. The molecule has 0 spiro atoms. The van der Waals surface area contributed by atoms with Crippen LogP contribution in [0.4, 0.5) is 5.69 Å². The van der Waals surface area contributed by atoms with Crippen molar-refractivity contribution in [2.24, 2.45) is 0 Å². The Labute approximate surface area is 109 Å². The van der Waals surface area contributed by atoms with Gasteiger partial charge in [-0.2, -0.15) is 5.10 Å². The van der Waals surface area contributed by atoms with Gasteiger partial charge in [0.25, 0.3) is 0 Å². The summed E-state index contributed by atoms with van der Waals surface area (Å²) in [5, 5.41) is 4.51. The third-order valence-corrected chi connectivity index (χ3v) is 2.84. The highest BCUT2D eigenvalue weighted by molar-refractivity contribution is 6.01. The lowest BCUT2D eigenvalue weighted by Gasteiger charge is -2.24. The minimum Gasteiger partial charge on any atom is -0.306 e. The van der Waals surface area contributed by atoms with E-state index < -0.39 is 0 Å². The predicted molar refractivity (Wildman–Crippen MR) is 74.8 cm³/mol. The lowest BCUT2D eigenvalue weighted by atomic mass is 10.1. The van der Waals surface area contributed by atoms with Gasteiger partial charge in [-0.1, -0.05) is 20.4 Å². The molecule has 1 aliphatic heterocycles. The lowest BCUT2D eigenvalue weighted by Crippen LogP contribution is -2.33. The van der Waals surface area contributed by atoms with Crippen molar-refractivity contribution in [2.45, 2.75) is 46.6 Å². The highest BCUT2D eigenvalue weighted by atomic mass is 16.2. The summed E-state index contributed by atoms with van der Waals surface area (Å²) in [6.07, 6.45) is 5.25. The zero-order chi connectivity index (χ0) is 13.7. The molecule has 4 heteroatoms. The molecule has 1 aromatic heterocycles. The molecule has 0 atom stereocenters. The van der Waals surface area contributed by atoms with Gasteiger partial charge in [0, 0.05) is 18.8 Å². The summed E-state index contributed by atoms with van der Waals surface area (Å²) in [5.41, 5.74) is 1.97. The molecule has 0 N–H and O–H groups in total. The highest BCUT2D eigenvalue weighted by Gasteiger charge is 2.24. The molecule has 0 bridgehead atoms. The van der Waals surface area contributed by atoms with Crippen molar-refractivity contribution >= 4 is 11.6 Å². The maximum absolute atomic E-state index is 11.7. The molecule has 100 valence electrons. The number of carbonyl (C=O) groups excluding carboxylic acids is 1. The normalized spacial score (nSPS) is 13.7. The van der Waals surface area contributed by atoms with Crippen molar-refractivity contribution in [3.63, 3.8) is 0 Å². The number of hydrogen-bond donors (Lipinski definition) is 0. The monoisotopic (exact) mass is 249 g/mol. The average molecular weight is 249 g/mol. The van der Waals surface area contributed by atoms with Crippen LogP contribution in [0.2, 0.25) is 0 Å². The van der Waals surface area contributed by atoms with Crippen LogP contribution in [-0.4, -0.2) is 22.2 Å². The van der Waals surface area contributed by atoms with Gasteiger partial charge in [-0.3, -0.25) is 9.48 Å². The van der Waals surface area contributed by atoms with Crippen molar-refractivity contribution in [2.75, 3.05) is 11.4 Å².